The third-order valence-electron chi connectivity index (χ3n) is 3.26. The monoisotopic (exact) mass is 285 g/mol. The molecule has 0 saturated heterocycles. The number of aromatic amines is 2. The molecule has 0 aliphatic carbocycles. The van der Waals surface area contributed by atoms with Crippen LogP contribution in [0.2, 0.25) is 0 Å². The Hall–Kier alpha value is -2.96. The second kappa shape index (κ2) is 4.86. The first-order chi connectivity index (χ1) is 10.1. The lowest BCUT2D eigenvalue weighted by Gasteiger charge is -2.07. The summed E-state index contributed by atoms with van der Waals surface area (Å²) in [7, 11) is 0. The lowest BCUT2D eigenvalue weighted by molar-refractivity contribution is 0.101. The number of carbonyl (C=O) groups excluding carboxylic acids is 1. The molecular formula is C14H15N5O2. The number of nitrogens with two attached hydrogens (primary N) is 1. The number of rotatable bonds is 3. The van der Waals surface area contributed by atoms with Crippen LogP contribution < -0.4 is 16.7 Å². The molecule has 108 valence electrons. The molecule has 0 atom stereocenters. The lowest BCUT2D eigenvalue weighted by Crippen LogP contribution is -2.16. The number of H-pyrrole nitrogens is 2. The number of nitrogen functional groups attached to an aromatic ring is 1. The largest absolute Gasteiger partial charge is 0.397 e. The van der Waals surface area contributed by atoms with Gasteiger partial charge in [0.25, 0.3) is 5.91 Å². The van der Waals surface area contributed by atoms with Gasteiger partial charge in [-0.25, -0.2) is 4.79 Å². The van der Waals surface area contributed by atoms with E-state index in [1.165, 1.54) is 0 Å². The highest BCUT2D eigenvalue weighted by Gasteiger charge is 2.12. The number of hydrogen-bond acceptors (Lipinski definition) is 3. The molecule has 0 fully saturated rings. The van der Waals surface area contributed by atoms with Crippen LogP contribution in [0.1, 0.15) is 17.4 Å². The summed E-state index contributed by atoms with van der Waals surface area (Å²) < 4.78 is 1.78. The first-order valence-electron chi connectivity index (χ1n) is 6.56. The van der Waals surface area contributed by atoms with Crippen molar-refractivity contribution < 1.29 is 4.79 Å². The molecule has 3 rings (SSSR count). The van der Waals surface area contributed by atoms with E-state index in [-0.39, 0.29) is 11.6 Å². The Kier molecular flexibility index (Phi) is 3.02. The first kappa shape index (κ1) is 13.0. The van der Waals surface area contributed by atoms with E-state index in [0.29, 0.717) is 34.6 Å². The zero-order valence-corrected chi connectivity index (χ0v) is 11.4. The third kappa shape index (κ3) is 2.40. The van der Waals surface area contributed by atoms with Gasteiger partial charge in [-0.3, -0.25) is 4.79 Å². The van der Waals surface area contributed by atoms with Crippen LogP contribution in [-0.4, -0.2) is 20.4 Å². The number of fused-ring (bicyclic) bond motifs is 1. The minimum atomic E-state index is -0.277. The van der Waals surface area contributed by atoms with Crippen molar-refractivity contribution in [2.45, 2.75) is 13.5 Å². The van der Waals surface area contributed by atoms with Crippen LogP contribution in [0, 0.1) is 0 Å². The quantitative estimate of drug-likeness (QED) is 0.585. The Morgan fingerprint density at radius 3 is 2.81 bits per heavy atom. The molecule has 1 aromatic carbocycles. The van der Waals surface area contributed by atoms with E-state index < -0.39 is 0 Å². The predicted octanol–water partition coefficient (Wildman–Crippen LogP) is 1.51. The smallest absolute Gasteiger partial charge is 0.323 e. The van der Waals surface area contributed by atoms with Gasteiger partial charge in [-0.2, -0.15) is 0 Å². The summed E-state index contributed by atoms with van der Waals surface area (Å²) in [5.74, 6) is -0.245. The van der Waals surface area contributed by atoms with E-state index in [9.17, 15) is 9.59 Å². The maximum atomic E-state index is 12.3. The summed E-state index contributed by atoms with van der Waals surface area (Å²) in [5, 5.41) is 2.80. The molecule has 7 heteroatoms. The molecule has 0 aliphatic heterocycles. The average molecular weight is 285 g/mol. The molecule has 0 spiro atoms. The number of benzene rings is 1. The van der Waals surface area contributed by atoms with E-state index >= 15 is 0 Å². The number of nitrogens with one attached hydrogen (secondary N) is 3. The number of nitrogens with zero attached hydrogens (tertiary/aromatic N) is 1. The van der Waals surface area contributed by atoms with Gasteiger partial charge in [-0.05, 0) is 31.2 Å². The van der Waals surface area contributed by atoms with Gasteiger partial charge in [0.2, 0.25) is 0 Å². The normalized spacial score (nSPS) is 10.9. The molecule has 2 aromatic heterocycles. The Bertz CT molecular complexity index is 871. The van der Waals surface area contributed by atoms with Crippen molar-refractivity contribution in [1.82, 2.24) is 14.5 Å². The second-order valence-electron chi connectivity index (χ2n) is 4.74. The summed E-state index contributed by atoms with van der Waals surface area (Å²) in [6.07, 6.45) is 1.72. The average Bonchev–Trinajstić information content (AvgIpc) is 2.99. The molecule has 0 unspecified atom stereocenters. The Labute approximate surface area is 119 Å². The van der Waals surface area contributed by atoms with Gasteiger partial charge in [0.1, 0.15) is 5.69 Å². The highest BCUT2D eigenvalue weighted by Crippen LogP contribution is 2.17. The van der Waals surface area contributed by atoms with E-state index in [0.717, 1.165) is 0 Å². The first-order valence-corrected chi connectivity index (χ1v) is 6.56. The molecule has 0 radical (unpaired) electrons. The number of aromatic nitrogens is 3. The van der Waals surface area contributed by atoms with Gasteiger partial charge in [-0.15, -0.1) is 0 Å². The molecule has 5 N–H and O–H groups in total. The number of carbonyl (C=O) groups is 1. The highest BCUT2D eigenvalue weighted by molar-refractivity contribution is 6.04. The van der Waals surface area contributed by atoms with Gasteiger partial charge in [0, 0.05) is 18.4 Å². The zero-order chi connectivity index (χ0) is 15.0. The molecule has 1 amide bonds. The molecule has 2 heterocycles. The van der Waals surface area contributed by atoms with Crippen LogP contribution in [0.25, 0.3) is 11.0 Å². The standard InChI is InChI=1S/C14H15N5O2/c1-2-19-7-8(15)5-12(19)13(20)16-9-3-4-10-11(6-9)18-14(21)17-10/h3-7H,2,15H2,1H3,(H,16,20)(H2,17,18,21). The van der Waals surface area contributed by atoms with Crippen molar-refractivity contribution >= 4 is 28.3 Å². The molecule has 21 heavy (non-hydrogen) atoms. The third-order valence-corrected chi connectivity index (χ3v) is 3.26. The summed E-state index contributed by atoms with van der Waals surface area (Å²) in [5.41, 5.74) is 8.43. The van der Waals surface area contributed by atoms with Gasteiger partial charge in [0.15, 0.2) is 0 Å². The van der Waals surface area contributed by atoms with Crippen molar-refractivity contribution in [3.8, 4) is 0 Å². The summed E-state index contributed by atoms with van der Waals surface area (Å²) in [6.45, 7) is 2.59. The molecule has 7 nitrogen and oxygen atoms in total. The van der Waals surface area contributed by atoms with Gasteiger partial charge >= 0.3 is 5.69 Å². The maximum Gasteiger partial charge on any atom is 0.323 e. The minimum Gasteiger partial charge on any atom is -0.397 e. The van der Waals surface area contributed by atoms with Gasteiger partial charge < -0.3 is 25.6 Å². The topological polar surface area (TPSA) is 109 Å². The summed E-state index contributed by atoms with van der Waals surface area (Å²) in [4.78, 5) is 28.8. The number of amides is 1. The van der Waals surface area contributed by atoms with Crippen LogP contribution in [0.3, 0.4) is 0 Å². The molecular weight excluding hydrogens is 270 g/mol. The number of hydrogen-bond donors (Lipinski definition) is 4. The summed E-state index contributed by atoms with van der Waals surface area (Å²) >= 11 is 0. The lowest BCUT2D eigenvalue weighted by atomic mass is 10.2. The van der Waals surface area contributed by atoms with Crippen molar-refractivity contribution in [3.63, 3.8) is 0 Å². The van der Waals surface area contributed by atoms with Crippen molar-refractivity contribution in [2.24, 2.45) is 0 Å². The Balaban J connectivity index is 1.90. The van der Waals surface area contributed by atoms with E-state index in [2.05, 4.69) is 15.3 Å². The molecule has 0 aliphatic rings. The number of imidazole rings is 1. The highest BCUT2D eigenvalue weighted by atomic mass is 16.2. The number of anilines is 2. The van der Waals surface area contributed by atoms with Crippen molar-refractivity contribution in [3.05, 3.63) is 46.6 Å². The van der Waals surface area contributed by atoms with Crippen LogP contribution >= 0.6 is 0 Å². The molecule has 0 saturated carbocycles. The molecule has 3 aromatic rings. The van der Waals surface area contributed by atoms with Crippen molar-refractivity contribution in [2.75, 3.05) is 11.1 Å². The fourth-order valence-corrected chi connectivity index (χ4v) is 2.29. The second-order valence-corrected chi connectivity index (χ2v) is 4.74. The maximum absolute atomic E-state index is 12.3. The van der Waals surface area contributed by atoms with Crippen LogP contribution in [0.15, 0.2) is 35.3 Å². The van der Waals surface area contributed by atoms with E-state index in [1.54, 1.807) is 35.0 Å². The van der Waals surface area contributed by atoms with Gasteiger partial charge in [-0.1, -0.05) is 0 Å². The summed E-state index contributed by atoms with van der Waals surface area (Å²) in [6, 6.07) is 6.80. The predicted molar refractivity (Wildman–Crippen MR) is 81.4 cm³/mol. The van der Waals surface area contributed by atoms with Crippen LogP contribution in [0.5, 0.6) is 0 Å². The van der Waals surface area contributed by atoms with Crippen molar-refractivity contribution in [1.29, 1.82) is 0 Å². The fourth-order valence-electron chi connectivity index (χ4n) is 2.29. The minimum absolute atomic E-state index is 0.245. The number of aryl methyl sites for hydroxylation is 1. The Morgan fingerprint density at radius 1 is 1.29 bits per heavy atom. The zero-order valence-electron chi connectivity index (χ0n) is 11.4. The van der Waals surface area contributed by atoms with Gasteiger partial charge in [0.05, 0.1) is 16.7 Å². The van der Waals surface area contributed by atoms with E-state index in [1.807, 2.05) is 6.92 Å². The fraction of sp³-hybridized carbons (Fsp3) is 0.143. The van der Waals surface area contributed by atoms with E-state index in [4.69, 9.17) is 5.73 Å². The SMILES string of the molecule is CCn1cc(N)cc1C(=O)Nc1ccc2[nH]c(=O)[nH]c2c1. The Morgan fingerprint density at radius 2 is 2.05 bits per heavy atom. The molecule has 0 bridgehead atoms. The van der Waals surface area contributed by atoms with Crippen LogP contribution in [0.4, 0.5) is 11.4 Å². The van der Waals surface area contributed by atoms with Crippen LogP contribution in [-0.2, 0) is 6.54 Å².